The van der Waals surface area contributed by atoms with Gasteiger partial charge in [-0.1, -0.05) is 36.7 Å². The monoisotopic (exact) mass is 333 g/mol. The second-order valence-electron chi connectivity index (χ2n) is 5.17. The summed E-state index contributed by atoms with van der Waals surface area (Å²) in [5.41, 5.74) is 1.36. The molecule has 0 aliphatic rings. The Morgan fingerprint density at radius 2 is 2.04 bits per heavy atom. The summed E-state index contributed by atoms with van der Waals surface area (Å²) in [7, 11) is 0. The molecular weight excluding hydrogens is 314 g/mol. The van der Waals surface area contributed by atoms with E-state index in [1.807, 2.05) is 42.2 Å². The van der Waals surface area contributed by atoms with Crippen LogP contribution >= 0.6 is 11.6 Å². The lowest BCUT2D eigenvalue weighted by Gasteiger charge is -2.26. The van der Waals surface area contributed by atoms with E-state index in [0.717, 1.165) is 5.69 Å². The van der Waals surface area contributed by atoms with Crippen LogP contribution in [-0.2, 0) is 4.79 Å². The number of aliphatic hydroxyl groups excluding tert-OH is 1. The lowest BCUT2D eigenvalue weighted by atomic mass is 10.2. The number of rotatable bonds is 7. The van der Waals surface area contributed by atoms with Gasteiger partial charge in [0.1, 0.15) is 0 Å². The number of halogens is 1. The van der Waals surface area contributed by atoms with E-state index in [0.29, 0.717) is 18.7 Å². The van der Waals surface area contributed by atoms with Crippen LogP contribution in [0.5, 0.6) is 0 Å². The van der Waals surface area contributed by atoms with Gasteiger partial charge in [-0.3, -0.25) is 4.79 Å². The lowest BCUT2D eigenvalue weighted by Crippen LogP contribution is -2.38. The molecule has 0 radical (unpaired) electrons. The van der Waals surface area contributed by atoms with Gasteiger partial charge in [0.15, 0.2) is 5.15 Å². The van der Waals surface area contributed by atoms with Gasteiger partial charge >= 0.3 is 0 Å². The molecule has 2 rings (SSSR count). The Morgan fingerprint density at radius 1 is 1.30 bits per heavy atom. The van der Waals surface area contributed by atoms with Crippen molar-refractivity contribution in [1.82, 2.24) is 4.98 Å². The highest BCUT2D eigenvalue weighted by atomic mass is 35.5. The fourth-order valence-corrected chi connectivity index (χ4v) is 2.29. The minimum absolute atomic E-state index is 0.117. The topological polar surface area (TPSA) is 65.5 Å². The Bertz CT molecular complexity index is 637. The number of pyridine rings is 1. The molecule has 1 aromatic carbocycles. The van der Waals surface area contributed by atoms with Crippen LogP contribution in [0.3, 0.4) is 0 Å². The van der Waals surface area contributed by atoms with Crippen molar-refractivity contribution >= 4 is 28.9 Å². The Balaban J connectivity index is 2.08. The minimum atomic E-state index is -0.495. The van der Waals surface area contributed by atoms with Crippen LogP contribution in [0.15, 0.2) is 48.7 Å². The number of aromatic nitrogens is 1. The van der Waals surface area contributed by atoms with Crippen LogP contribution in [0, 0.1) is 0 Å². The molecule has 0 bridgehead atoms. The molecule has 23 heavy (non-hydrogen) atoms. The summed E-state index contributed by atoms with van der Waals surface area (Å²) in [6.07, 6.45) is 1.69. The van der Waals surface area contributed by atoms with E-state index in [1.165, 1.54) is 0 Å². The zero-order valence-corrected chi connectivity index (χ0v) is 13.7. The maximum atomic E-state index is 12.3. The molecule has 1 aromatic heterocycles. The number of para-hydroxylation sites is 1. The highest BCUT2D eigenvalue weighted by molar-refractivity contribution is 6.32. The number of nitrogens with zero attached hydrogens (tertiary/aromatic N) is 2. The predicted octanol–water partition coefficient (Wildman–Crippen LogP) is 2.95. The maximum Gasteiger partial charge on any atom is 0.243 e. The van der Waals surface area contributed by atoms with E-state index in [9.17, 15) is 9.90 Å². The van der Waals surface area contributed by atoms with Crippen LogP contribution in [0.4, 0.5) is 11.4 Å². The molecule has 2 N–H and O–H groups in total. The van der Waals surface area contributed by atoms with E-state index in [2.05, 4.69) is 10.3 Å². The smallest absolute Gasteiger partial charge is 0.243 e. The quantitative estimate of drug-likeness (QED) is 0.765. The van der Waals surface area contributed by atoms with Crippen molar-refractivity contribution in [3.63, 3.8) is 0 Å². The molecule has 0 aliphatic carbocycles. The van der Waals surface area contributed by atoms with Gasteiger partial charge in [-0.05, 0) is 30.7 Å². The van der Waals surface area contributed by atoms with Crippen LogP contribution in [0.25, 0.3) is 0 Å². The lowest BCUT2D eigenvalue weighted by molar-refractivity contribution is -0.115. The number of carbonyl (C=O) groups excluding carboxylic acids is 1. The van der Waals surface area contributed by atoms with Gasteiger partial charge in [-0.2, -0.15) is 0 Å². The van der Waals surface area contributed by atoms with Gasteiger partial charge in [-0.15, -0.1) is 0 Å². The van der Waals surface area contributed by atoms with E-state index in [-0.39, 0.29) is 17.6 Å². The standard InChI is InChI=1S/C17H20ClN3O2/c1-2-14(22)11-21(13-7-4-3-5-8-13)12-16(23)20-15-9-6-10-19-17(15)18/h3-10,14,22H,2,11-12H2,1H3,(H,20,23). The second-order valence-corrected chi connectivity index (χ2v) is 5.53. The van der Waals surface area contributed by atoms with Crippen LogP contribution < -0.4 is 10.2 Å². The van der Waals surface area contributed by atoms with Crippen molar-refractivity contribution in [3.8, 4) is 0 Å². The summed E-state index contributed by atoms with van der Waals surface area (Å²) in [6.45, 7) is 2.41. The summed E-state index contributed by atoms with van der Waals surface area (Å²) in [6, 6.07) is 12.9. The number of aliphatic hydroxyl groups is 1. The number of amides is 1. The van der Waals surface area contributed by atoms with Gasteiger partial charge in [-0.25, -0.2) is 4.98 Å². The van der Waals surface area contributed by atoms with Crippen molar-refractivity contribution in [2.24, 2.45) is 0 Å². The maximum absolute atomic E-state index is 12.3. The first-order chi connectivity index (χ1) is 11.1. The van der Waals surface area contributed by atoms with Crippen LogP contribution in [-0.4, -0.2) is 35.2 Å². The molecule has 0 saturated carbocycles. The Labute approximate surface area is 140 Å². The van der Waals surface area contributed by atoms with E-state index in [1.54, 1.807) is 18.3 Å². The molecular formula is C17H20ClN3O2. The largest absolute Gasteiger partial charge is 0.391 e. The van der Waals surface area contributed by atoms with Gasteiger partial charge in [0.05, 0.1) is 18.3 Å². The first kappa shape index (κ1) is 17.2. The Morgan fingerprint density at radius 3 is 2.70 bits per heavy atom. The van der Waals surface area contributed by atoms with Crippen LogP contribution in [0.2, 0.25) is 5.15 Å². The SMILES string of the molecule is CCC(O)CN(CC(=O)Nc1cccnc1Cl)c1ccccc1. The fourth-order valence-electron chi connectivity index (χ4n) is 2.13. The van der Waals surface area contributed by atoms with Gasteiger partial charge < -0.3 is 15.3 Å². The first-order valence-corrected chi connectivity index (χ1v) is 7.86. The molecule has 1 amide bonds. The zero-order chi connectivity index (χ0) is 16.7. The average molecular weight is 334 g/mol. The second kappa shape index (κ2) is 8.50. The third kappa shape index (κ3) is 5.23. The minimum Gasteiger partial charge on any atom is -0.391 e. The highest BCUT2D eigenvalue weighted by Crippen LogP contribution is 2.18. The van der Waals surface area contributed by atoms with Crippen LogP contribution in [0.1, 0.15) is 13.3 Å². The Kier molecular flexibility index (Phi) is 6.38. The summed E-state index contributed by atoms with van der Waals surface area (Å²) in [5.74, 6) is -0.216. The average Bonchev–Trinajstić information content (AvgIpc) is 2.57. The van der Waals surface area contributed by atoms with E-state index >= 15 is 0 Å². The molecule has 122 valence electrons. The summed E-state index contributed by atoms with van der Waals surface area (Å²) < 4.78 is 0. The van der Waals surface area contributed by atoms with Crippen molar-refractivity contribution in [2.45, 2.75) is 19.4 Å². The van der Waals surface area contributed by atoms with Gasteiger partial charge in [0.2, 0.25) is 5.91 Å². The predicted molar refractivity (Wildman–Crippen MR) is 92.8 cm³/mol. The number of benzene rings is 1. The molecule has 1 heterocycles. The van der Waals surface area contributed by atoms with E-state index < -0.39 is 6.10 Å². The first-order valence-electron chi connectivity index (χ1n) is 7.48. The number of anilines is 2. The molecule has 0 saturated heterocycles. The van der Waals surface area contributed by atoms with Gasteiger partial charge in [0.25, 0.3) is 0 Å². The third-order valence-electron chi connectivity index (χ3n) is 3.39. The summed E-state index contributed by atoms with van der Waals surface area (Å²) in [4.78, 5) is 18.1. The van der Waals surface area contributed by atoms with Crippen molar-refractivity contribution in [1.29, 1.82) is 0 Å². The molecule has 0 fully saturated rings. The third-order valence-corrected chi connectivity index (χ3v) is 3.69. The molecule has 6 heteroatoms. The van der Waals surface area contributed by atoms with Crippen molar-refractivity contribution in [2.75, 3.05) is 23.3 Å². The molecule has 0 spiro atoms. The molecule has 1 unspecified atom stereocenters. The fraction of sp³-hybridized carbons (Fsp3) is 0.294. The Hall–Kier alpha value is -2.11. The van der Waals surface area contributed by atoms with Crippen molar-refractivity contribution in [3.05, 3.63) is 53.8 Å². The normalized spacial score (nSPS) is 11.8. The number of carbonyl (C=O) groups is 1. The zero-order valence-electron chi connectivity index (χ0n) is 12.9. The summed E-state index contributed by atoms with van der Waals surface area (Å²) >= 11 is 5.95. The number of nitrogens with one attached hydrogen (secondary N) is 1. The molecule has 0 aliphatic heterocycles. The molecule has 2 aromatic rings. The molecule has 1 atom stereocenters. The summed E-state index contributed by atoms with van der Waals surface area (Å²) in [5, 5.41) is 12.9. The highest BCUT2D eigenvalue weighted by Gasteiger charge is 2.15. The van der Waals surface area contributed by atoms with Crippen molar-refractivity contribution < 1.29 is 9.90 Å². The van der Waals surface area contributed by atoms with E-state index in [4.69, 9.17) is 11.6 Å². The number of hydrogen-bond donors (Lipinski definition) is 2. The number of hydrogen-bond acceptors (Lipinski definition) is 4. The molecule has 5 nitrogen and oxygen atoms in total. The van der Waals surface area contributed by atoms with Gasteiger partial charge in [0, 0.05) is 18.4 Å².